The maximum Gasteiger partial charge on any atom is 0.250 e. The molecule has 0 aliphatic heterocycles. The van der Waals surface area contributed by atoms with Gasteiger partial charge in [-0.05, 0) is 35.9 Å². The van der Waals surface area contributed by atoms with Crippen molar-refractivity contribution in [3.63, 3.8) is 0 Å². The van der Waals surface area contributed by atoms with Crippen LogP contribution in [0.1, 0.15) is 17.4 Å². The van der Waals surface area contributed by atoms with Crippen LogP contribution in [0.15, 0.2) is 41.8 Å². The number of ether oxygens (including phenoxy) is 1. The van der Waals surface area contributed by atoms with Gasteiger partial charge >= 0.3 is 0 Å². The van der Waals surface area contributed by atoms with Crippen LogP contribution in [-0.2, 0) is 16.1 Å². The van der Waals surface area contributed by atoms with Gasteiger partial charge in [-0.3, -0.25) is 14.9 Å². The molecule has 0 unspecified atom stereocenters. The van der Waals surface area contributed by atoms with Gasteiger partial charge in [0.25, 0.3) is 0 Å². The van der Waals surface area contributed by atoms with Gasteiger partial charge in [0, 0.05) is 23.3 Å². The third kappa shape index (κ3) is 5.72. The van der Waals surface area contributed by atoms with Crippen LogP contribution in [0.25, 0.3) is 16.6 Å². The molecule has 2 heterocycles. The van der Waals surface area contributed by atoms with E-state index in [0.717, 1.165) is 15.4 Å². The molecule has 0 bridgehead atoms. The largest absolute Gasteiger partial charge is 0.494 e. The maximum atomic E-state index is 13.7. The van der Waals surface area contributed by atoms with Gasteiger partial charge < -0.3 is 10.1 Å². The van der Waals surface area contributed by atoms with Gasteiger partial charge in [0.05, 0.1) is 24.2 Å². The second kappa shape index (κ2) is 9.44. The Morgan fingerprint density at radius 3 is 2.83 bits per heavy atom. The molecule has 29 heavy (non-hydrogen) atoms. The van der Waals surface area contributed by atoms with E-state index in [2.05, 4.69) is 15.6 Å². The highest BCUT2D eigenvalue weighted by molar-refractivity contribution is 7.17. The van der Waals surface area contributed by atoms with Crippen LogP contribution in [0.5, 0.6) is 5.75 Å². The third-order valence-corrected chi connectivity index (χ3v) is 5.63. The molecule has 0 aliphatic carbocycles. The second-order valence-corrected chi connectivity index (χ2v) is 7.96. The normalized spacial score (nSPS) is 10.9. The Labute approximate surface area is 175 Å². The molecule has 2 amide bonds. The Morgan fingerprint density at radius 2 is 2.10 bits per heavy atom. The van der Waals surface area contributed by atoms with E-state index in [1.54, 1.807) is 6.07 Å². The summed E-state index contributed by atoms with van der Waals surface area (Å²) in [5, 5.41) is 7.77. The molecule has 1 aromatic carbocycles. The van der Waals surface area contributed by atoms with Gasteiger partial charge in [0.15, 0.2) is 16.7 Å². The topological polar surface area (TPSA) is 80.3 Å². The molecule has 3 aromatic rings. The van der Waals surface area contributed by atoms with Crippen LogP contribution in [0, 0.1) is 5.82 Å². The van der Waals surface area contributed by atoms with Crippen LogP contribution in [0.4, 0.5) is 9.52 Å². The summed E-state index contributed by atoms with van der Waals surface area (Å²) in [5.74, 6) is -0.784. The van der Waals surface area contributed by atoms with Gasteiger partial charge in [0.2, 0.25) is 11.8 Å². The van der Waals surface area contributed by atoms with E-state index < -0.39 is 5.82 Å². The number of methoxy groups -OCH3 is 1. The van der Waals surface area contributed by atoms with Crippen LogP contribution in [-0.4, -0.2) is 23.9 Å². The van der Waals surface area contributed by atoms with E-state index in [-0.39, 0.29) is 17.6 Å². The maximum absolute atomic E-state index is 13.7. The number of anilines is 1. The van der Waals surface area contributed by atoms with Crippen molar-refractivity contribution >= 4 is 45.7 Å². The molecule has 6 nitrogen and oxygen atoms in total. The average Bonchev–Trinajstić information content (AvgIpc) is 3.34. The van der Waals surface area contributed by atoms with Crippen LogP contribution in [0.3, 0.4) is 0 Å². The number of halogens is 1. The van der Waals surface area contributed by atoms with Crippen LogP contribution < -0.4 is 15.4 Å². The lowest BCUT2D eigenvalue weighted by atomic mass is 10.2. The fraction of sp³-hybridized carbons (Fsp3) is 0.150. The number of thiophene rings is 1. The third-order valence-electron chi connectivity index (χ3n) is 3.76. The Bertz CT molecular complexity index is 1060. The van der Waals surface area contributed by atoms with Crippen LogP contribution in [0.2, 0.25) is 0 Å². The molecule has 9 heteroatoms. The molecule has 150 valence electrons. The number of carbonyl (C=O) groups is 2. The molecule has 2 N–H and O–H groups in total. The van der Waals surface area contributed by atoms with Gasteiger partial charge in [0.1, 0.15) is 0 Å². The summed E-state index contributed by atoms with van der Waals surface area (Å²) in [6.07, 6.45) is 2.83. The van der Waals surface area contributed by atoms with E-state index in [1.807, 2.05) is 17.5 Å². The fourth-order valence-corrected chi connectivity index (χ4v) is 4.07. The van der Waals surface area contributed by atoms with Crippen molar-refractivity contribution in [1.29, 1.82) is 0 Å². The SMILES string of the molecule is COc1ccc(/C=C/C(=O)Nc2nc(-c3ccc(CNC(C)=O)s3)cs2)cc1F. The van der Waals surface area contributed by atoms with E-state index in [4.69, 9.17) is 4.74 Å². The number of nitrogens with zero attached hydrogens (tertiary/aromatic N) is 1. The summed E-state index contributed by atoms with van der Waals surface area (Å²) in [6, 6.07) is 8.31. The number of benzene rings is 1. The first kappa shape index (κ1) is 20.7. The number of carbonyl (C=O) groups excluding carboxylic acids is 2. The monoisotopic (exact) mass is 431 g/mol. The first-order valence-electron chi connectivity index (χ1n) is 8.56. The quantitative estimate of drug-likeness (QED) is 0.547. The number of amides is 2. The van der Waals surface area contributed by atoms with Crippen molar-refractivity contribution in [2.45, 2.75) is 13.5 Å². The fourth-order valence-electron chi connectivity index (χ4n) is 2.37. The molecular formula is C20H18FN3O3S2. The number of hydrogen-bond acceptors (Lipinski definition) is 6. The van der Waals surface area contributed by atoms with E-state index in [9.17, 15) is 14.0 Å². The standard InChI is InChI=1S/C20H18FN3O3S2/c1-12(25)22-10-14-5-7-18(29-14)16-11-28-20(23-16)24-19(26)8-4-13-3-6-17(27-2)15(21)9-13/h3-9,11H,10H2,1-2H3,(H,22,25)(H,23,24,26)/b8-4+. The summed E-state index contributed by atoms with van der Waals surface area (Å²) in [6.45, 7) is 1.95. The molecule has 2 aromatic heterocycles. The molecule has 0 atom stereocenters. The minimum absolute atomic E-state index is 0.0796. The van der Waals surface area contributed by atoms with Crippen molar-refractivity contribution < 1.29 is 18.7 Å². The molecular weight excluding hydrogens is 413 g/mol. The molecule has 0 saturated carbocycles. The van der Waals surface area contributed by atoms with Gasteiger partial charge in [-0.25, -0.2) is 9.37 Å². The highest BCUT2D eigenvalue weighted by atomic mass is 32.1. The Balaban J connectivity index is 1.60. The minimum Gasteiger partial charge on any atom is -0.494 e. The summed E-state index contributed by atoms with van der Waals surface area (Å²) < 4.78 is 18.6. The van der Waals surface area contributed by atoms with Gasteiger partial charge in [-0.2, -0.15) is 0 Å². The summed E-state index contributed by atoms with van der Waals surface area (Å²) >= 11 is 2.84. The Kier molecular flexibility index (Phi) is 6.73. The zero-order chi connectivity index (χ0) is 20.8. The van der Waals surface area contributed by atoms with E-state index in [1.165, 1.54) is 61.0 Å². The summed E-state index contributed by atoms with van der Waals surface area (Å²) in [5.41, 5.74) is 1.30. The number of hydrogen-bond donors (Lipinski definition) is 2. The van der Waals surface area contributed by atoms with Crippen molar-refractivity contribution in [1.82, 2.24) is 10.3 Å². The van der Waals surface area contributed by atoms with E-state index in [0.29, 0.717) is 17.2 Å². The number of rotatable bonds is 7. The molecule has 0 radical (unpaired) electrons. The lowest BCUT2D eigenvalue weighted by molar-refractivity contribution is -0.119. The Morgan fingerprint density at radius 1 is 1.28 bits per heavy atom. The Hall–Kier alpha value is -3.04. The lowest BCUT2D eigenvalue weighted by Crippen LogP contribution is -2.17. The molecule has 0 spiro atoms. The first-order valence-corrected chi connectivity index (χ1v) is 10.3. The minimum atomic E-state index is -0.492. The number of aromatic nitrogens is 1. The highest BCUT2D eigenvalue weighted by Gasteiger charge is 2.09. The number of thiazole rings is 1. The van der Waals surface area contributed by atoms with Crippen LogP contribution >= 0.6 is 22.7 Å². The second-order valence-electron chi connectivity index (χ2n) is 5.93. The molecule has 3 rings (SSSR count). The van der Waals surface area contributed by atoms with Gasteiger partial charge in [-0.1, -0.05) is 6.07 Å². The van der Waals surface area contributed by atoms with Crippen molar-refractivity contribution in [2.24, 2.45) is 0 Å². The van der Waals surface area contributed by atoms with Crippen molar-refractivity contribution in [3.05, 3.63) is 58.0 Å². The zero-order valence-corrected chi connectivity index (χ0v) is 17.3. The predicted octanol–water partition coefficient (Wildman–Crippen LogP) is 4.31. The lowest BCUT2D eigenvalue weighted by Gasteiger charge is -2.02. The molecule has 0 fully saturated rings. The summed E-state index contributed by atoms with van der Waals surface area (Å²) in [7, 11) is 1.39. The summed E-state index contributed by atoms with van der Waals surface area (Å²) in [4.78, 5) is 29.5. The zero-order valence-electron chi connectivity index (χ0n) is 15.7. The van der Waals surface area contributed by atoms with Crippen molar-refractivity contribution in [2.75, 3.05) is 12.4 Å². The van der Waals surface area contributed by atoms with Crippen molar-refractivity contribution in [3.8, 4) is 16.3 Å². The highest BCUT2D eigenvalue weighted by Crippen LogP contribution is 2.30. The molecule has 0 aliphatic rings. The average molecular weight is 432 g/mol. The first-order chi connectivity index (χ1) is 13.9. The molecule has 0 saturated heterocycles. The predicted molar refractivity (Wildman–Crippen MR) is 114 cm³/mol. The smallest absolute Gasteiger partial charge is 0.250 e. The van der Waals surface area contributed by atoms with Gasteiger partial charge in [-0.15, -0.1) is 22.7 Å². The number of nitrogens with one attached hydrogen (secondary N) is 2. The van der Waals surface area contributed by atoms with E-state index >= 15 is 0 Å².